The third-order valence-electron chi connectivity index (χ3n) is 17.0. The van der Waals surface area contributed by atoms with Crippen LogP contribution in [0.1, 0.15) is 139 Å². The standard InChI is InChI=1S/C42H70N2O6/c1-9-43-22-24-44(25-23-43)28-35(46)49-26-21-42-16-10-11-30(42)29-12-13-32-39(6)17-15-33(50-34(45)27-37(2,3)36(47)48)38(4,5)31(39)14-18-41(32,8)40(29,7)19-20-42/h29-33H,9-28H2,1-8H3,(H,47,48)/t29-,30-,31+,32-,33+,39+,40-,41-,42-/m1/s1. The molecule has 0 unspecified atom stereocenters. The van der Waals surface area contributed by atoms with Crippen molar-refractivity contribution in [3.05, 3.63) is 0 Å². The van der Waals surface area contributed by atoms with Crippen LogP contribution in [0.25, 0.3) is 0 Å². The summed E-state index contributed by atoms with van der Waals surface area (Å²) in [7, 11) is 0. The zero-order valence-electron chi connectivity index (χ0n) is 32.9. The van der Waals surface area contributed by atoms with Crippen LogP contribution in [0, 0.1) is 56.2 Å². The van der Waals surface area contributed by atoms with Crippen LogP contribution >= 0.6 is 0 Å². The number of esters is 2. The molecule has 8 nitrogen and oxygen atoms in total. The molecule has 5 saturated carbocycles. The lowest BCUT2D eigenvalue weighted by molar-refractivity contribution is -0.249. The van der Waals surface area contributed by atoms with Gasteiger partial charge in [0, 0.05) is 31.6 Å². The molecule has 6 rings (SSSR count). The van der Waals surface area contributed by atoms with Gasteiger partial charge in [0.1, 0.15) is 6.10 Å². The van der Waals surface area contributed by atoms with E-state index in [1.54, 1.807) is 13.8 Å². The van der Waals surface area contributed by atoms with Crippen molar-refractivity contribution in [1.82, 2.24) is 9.80 Å². The Labute approximate surface area is 303 Å². The minimum absolute atomic E-state index is 0.0453. The van der Waals surface area contributed by atoms with Crippen molar-refractivity contribution in [2.24, 2.45) is 56.2 Å². The van der Waals surface area contributed by atoms with Gasteiger partial charge >= 0.3 is 17.9 Å². The summed E-state index contributed by atoms with van der Waals surface area (Å²) in [6, 6.07) is 0. The van der Waals surface area contributed by atoms with Crippen molar-refractivity contribution in [2.75, 3.05) is 45.9 Å². The van der Waals surface area contributed by atoms with Crippen molar-refractivity contribution in [2.45, 2.75) is 145 Å². The molecule has 6 fully saturated rings. The van der Waals surface area contributed by atoms with E-state index < -0.39 is 11.4 Å². The van der Waals surface area contributed by atoms with E-state index in [9.17, 15) is 19.5 Å². The van der Waals surface area contributed by atoms with E-state index in [4.69, 9.17) is 9.47 Å². The molecule has 50 heavy (non-hydrogen) atoms. The molecule has 5 aliphatic carbocycles. The van der Waals surface area contributed by atoms with Gasteiger partial charge < -0.3 is 19.5 Å². The highest BCUT2D eigenvalue weighted by molar-refractivity contribution is 5.81. The molecule has 1 saturated heterocycles. The molecule has 0 aromatic heterocycles. The lowest BCUT2D eigenvalue weighted by Crippen LogP contribution is -2.66. The summed E-state index contributed by atoms with van der Waals surface area (Å²) in [6.45, 7) is 24.0. The third-order valence-corrected chi connectivity index (χ3v) is 17.0. The van der Waals surface area contributed by atoms with Gasteiger partial charge in [0.05, 0.1) is 25.0 Å². The van der Waals surface area contributed by atoms with Gasteiger partial charge in [-0.15, -0.1) is 0 Å². The van der Waals surface area contributed by atoms with Crippen molar-refractivity contribution < 1.29 is 29.0 Å². The maximum absolute atomic E-state index is 13.0. The smallest absolute Gasteiger partial charge is 0.320 e. The van der Waals surface area contributed by atoms with Crippen LogP contribution < -0.4 is 0 Å². The molecular formula is C42H70N2O6. The number of fused-ring (bicyclic) bond motifs is 7. The fourth-order valence-corrected chi connectivity index (χ4v) is 13.8. The number of hydrogen-bond donors (Lipinski definition) is 1. The molecule has 0 aromatic rings. The van der Waals surface area contributed by atoms with Gasteiger partial charge in [-0.05, 0) is 136 Å². The number of ether oxygens (including phenoxy) is 2. The van der Waals surface area contributed by atoms with Gasteiger partial charge in [-0.2, -0.15) is 0 Å². The molecule has 6 aliphatic rings. The van der Waals surface area contributed by atoms with Gasteiger partial charge in [-0.3, -0.25) is 19.3 Å². The molecule has 8 heteroatoms. The first kappa shape index (κ1) is 38.1. The number of piperazine rings is 1. The van der Waals surface area contributed by atoms with Crippen molar-refractivity contribution in [1.29, 1.82) is 0 Å². The van der Waals surface area contributed by atoms with E-state index in [0.29, 0.717) is 35.8 Å². The van der Waals surface area contributed by atoms with Crippen LogP contribution in [0.2, 0.25) is 0 Å². The Balaban J connectivity index is 1.10. The molecule has 0 aromatic carbocycles. The van der Waals surface area contributed by atoms with Gasteiger partial charge in [-0.1, -0.05) is 48.0 Å². The highest BCUT2D eigenvalue weighted by atomic mass is 16.5. The van der Waals surface area contributed by atoms with Gasteiger partial charge in [0.2, 0.25) is 0 Å². The minimum Gasteiger partial charge on any atom is -0.481 e. The van der Waals surface area contributed by atoms with Crippen LogP contribution in [0.15, 0.2) is 0 Å². The molecular weight excluding hydrogens is 628 g/mol. The lowest BCUT2D eigenvalue weighted by atomic mass is 9.32. The molecule has 1 N–H and O–H groups in total. The number of carbonyl (C=O) groups excluding carboxylic acids is 2. The van der Waals surface area contributed by atoms with Crippen molar-refractivity contribution >= 4 is 17.9 Å². The Morgan fingerprint density at radius 1 is 0.760 bits per heavy atom. The zero-order valence-corrected chi connectivity index (χ0v) is 32.9. The van der Waals surface area contributed by atoms with Crippen LogP contribution in [0.5, 0.6) is 0 Å². The quantitative estimate of drug-likeness (QED) is 0.231. The highest BCUT2D eigenvalue weighted by Gasteiger charge is 2.70. The average molecular weight is 699 g/mol. The summed E-state index contributed by atoms with van der Waals surface area (Å²) in [5.41, 5.74) is -0.207. The zero-order chi connectivity index (χ0) is 36.3. The monoisotopic (exact) mass is 699 g/mol. The number of rotatable bonds is 10. The maximum Gasteiger partial charge on any atom is 0.320 e. The largest absolute Gasteiger partial charge is 0.481 e. The predicted molar refractivity (Wildman–Crippen MR) is 195 cm³/mol. The molecule has 9 atom stereocenters. The first-order valence-corrected chi connectivity index (χ1v) is 20.5. The normalized spacial score (nSPS) is 41.6. The number of carboxylic acid groups (broad SMARTS) is 1. The number of carboxylic acids is 1. The summed E-state index contributed by atoms with van der Waals surface area (Å²) in [6.07, 6.45) is 14.1. The number of likely N-dealkylation sites (N-methyl/N-ethyl adjacent to an activating group) is 1. The van der Waals surface area contributed by atoms with Crippen molar-refractivity contribution in [3.8, 4) is 0 Å². The van der Waals surface area contributed by atoms with Gasteiger partial charge in [0.15, 0.2) is 0 Å². The van der Waals surface area contributed by atoms with Crippen LogP contribution in [-0.4, -0.2) is 84.8 Å². The Bertz CT molecular complexity index is 1290. The molecule has 0 bridgehead atoms. The van der Waals surface area contributed by atoms with Crippen LogP contribution in [0.3, 0.4) is 0 Å². The molecule has 0 amide bonds. The second-order valence-electron chi connectivity index (χ2n) is 19.9. The van der Waals surface area contributed by atoms with Gasteiger partial charge in [0.25, 0.3) is 0 Å². The number of nitrogens with zero attached hydrogens (tertiary/aromatic N) is 2. The summed E-state index contributed by atoms with van der Waals surface area (Å²) in [4.78, 5) is 42.3. The Kier molecular flexibility index (Phi) is 10.4. The molecule has 1 aliphatic heterocycles. The summed E-state index contributed by atoms with van der Waals surface area (Å²) in [5.74, 6) is 1.18. The maximum atomic E-state index is 13.0. The van der Waals surface area contributed by atoms with E-state index in [-0.39, 0.29) is 40.7 Å². The Morgan fingerprint density at radius 2 is 1.46 bits per heavy atom. The number of aliphatic carboxylic acids is 1. The average Bonchev–Trinajstić information content (AvgIpc) is 3.47. The lowest BCUT2D eigenvalue weighted by Gasteiger charge is -2.72. The molecule has 284 valence electrons. The van der Waals surface area contributed by atoms with Gasteiger partial charge in [-0.25, -0.2) is 0 Å². The number of hydrogen-bond acceptors (Lipinski definition) is 7. The summed E-state index contributed by atoms with van der Waals surface area (Å²) < 4.78 is 12.1. The van der Waals surface area contributed by atoms with Crippen molar-refractivity contribution in [3.63, 3.8) is 0 Å². The van der Waals surface area contributed by atoms with E-state index in [2.05, 4.69) is 51.3 Å². The van der Waals surface area contributed by atoms with E-state index in [1.165, 1.54) is 51.4 Å². The molecule has 1 heterocycles. The van der Waals surface area contributed by atoms with E-state index >= 15 is 0 Å². The topological polar surface area (TPSA) is 96.4 Å². The van der Waals surface area contributed by atoms with E-state index in [0.717, 1.165) is 70.2 Å². The fraction of sp³-hybridized carbons (Fsp3) is 0.929. The van der Waals surface area contributed by atoms with Crippen LogP contribution in [-0.2, 0) is 23.9 Å². The Morgan fingerprint density at radius 3 is 2.14 bits per heavy atom. The SMILES string of the molecule is CCN1CCN(CC(=O)OCC[C@]23CCC[C@@H]2[C@H]2CC[C@@H]4[C@@]5(C)CC[C@H](OC(=O)CC(C)(C)C(=O)O)C(C)(C)[C@@H]5CC[C@@]4(C)[C@]2(C)CC3)CC1. The first-order valence-electron chi connectivity index (χ1n) is 20.5. The molecule has 0 radical (unpaired) electrons. The first-order chi connectivity index (χ1) is 23.4. The summed E-state index contributed by atoms with van der Waals surface area (Å²) >= 11 is 0. The fourth-order valence-electron chi connectivity index (χ4n) is 13.8. The Hall–Kier alpha value is -1.67. The second kappa shape index (κ2) is 13.6. The summed E-state index contributed by atoms with van der Waals surface area (Å²) in [5, 5.41) is 9.58. The highest BCUT2D eigenvalue weighted by Crippen LogP contribution is 2.77. The minimum atomic E-state index is -1.13. The van der Waals surface area contributed by atoms with E-state index in [1.807, 2.05) is 0 Å². The molecule has 0 spiro atoms. The third kappa shape index (κ3) is 6.36. The predicted octanol–water partition coefficient (Wildman–Crippen LogP) is 7.83. The second-order valence-corrected chi connectivity index (χ2v) is 19.9. The number of carbonyl (C=O) groups is 3. The van der Waals surface area contributed by atoms with Crippen LogP contribution in [0.4, 0.5) is 0 Å².